The third-order valence-corrected chi connectivity index (χ3v) is 6.70. The van der Waals surface area contributed by atoms with Gasteiger partial charge in [0.1, 0.15) is 22.8 Å². The number of methoxy groups -OCH3 is 1. The second kappa shape index (κ2) is 10.2. The van der Waals surface area contributed by atoms with Crippen LogP contribution in [0, 0.1) is 6.92 Å². The molecule has 0 atom stereocenters. The average Bonchev–Trinajstić information content (AvgIpc) is 2.90. The zero-order valence-electron chi connectivity index (χ0n) is 20.4. The number of pyridine rings is 1. The van der Waals surface area contributed by atoms with Crippen LogP contribution in [0.3, 0.4) is 0 Å². The maximum atomic E-state index is 12.8. The number of carbonyl (C=O) groups excluding carboxylic acids is 1. The molecule has 5 rings (SSSR count). The summed E-state index contributed by atoms with van der Waals surface area (Å²) in [6.45, 7) is 5.59. The number of aryl methyl sites for hydroxylation is 1. The molecular formula is C29H31N3O3. The van der Waals surface area contributed by atoms with Crippen molar-refractivity contribution >= 4 is 33.4 Å². The Labute approximate surface area is 206 Å². The molecule has 1 saturated heterocycles. The monoisotopic (exact) mass is 469 g/mol. The Morgan fingerprint density at radius 1 is 0.943 bits per heavy atom. The van der Waals surface area contributed by atoms with Gasteiger partial charge in [0, 0.05) is 38.0 Å². The van der Waals surface area contributed by atoms with Crippen LogP contribution < -0.4 is 14.4 Å². The van der Waals surface area contributed by atoms with Gasteiger partial charge in [0.05, 0.1) is 13.7 Å². The van der Waals surface area contributed by atoms with Crippen LogP contribution in [0.4, 0.5) is 5.82 Å². The van der Waals surface area contributed by atoms with Gasteiger partial charge in [-0.2, -0.15) is 0 Å². The molecule has 35 heavy (non-hydrogen) atoms. The van der Waals surface area contributed by atoms with Gasteiger partial charge in [-0.15, -0.1) is 0 Å². The van der Waals surface area contributed by atoms with Crippen molar-refractivity contribution in [3.63, 3.8) is 0 Å². The molecule has 1 aromatic heterocycles. The van der Waals surface area contributed by atoms with Crippen LogP contribution in [0.2, 0.25) is 0 Å². The molecule has 1 aliphatic rings. The van der Waals surface area contributed by atoms with Crippen LogP contribution in [0.5, 0.6) is 11.5 Å². The normalized spacial score (nSPS) is 13.9. The van der Waals surface area contributed by atoms with E-state index < -0.39 is 0 Å². The molecule has 1 fully saturated rings. The Morgan fingerprint density at radius 2 is 1.74 bits per heavy atom. The van der Waals surface area contributed by atoms with Gasteiger partial charge in [0.25, 0.3) is 0 Å². The predicted octanol–water partition coefficient (Wildman–Crippen LogP) is 5.21. The summed E-state index contributed by atoms with van der Waals surface area (Å²) in [4.78, 5) is 21.9. The summed E-state index contributed by atoms with van der Waals surface area (Å²) in [5, 5.41) is 3.46. The van der Waals surface area contributed by atoms with Crippen LogP contribution in [-0.2, 0) is 4.79 Å². The molecule has 0 N–H and O–H groups in total. The van der Waals surface area contributed by atoms with E-state index >= 15 is 0 Å². The molecule has 4 aromatic rings. The molecule has 1 amide bonds. The highest BCUT2D eigenvalue weighted by Crippen LogP contribution is 2.29. The van der Waals surface area contributed by atoms with Crippen LogP contribution >= 0.6 is 0 Å². The van der Waals surface area contributed by atoms with Gasteiger partial charge in [0.2, 0.25) is 5.91 Å². The fourth-order valence-corrected chi connectivity index (χ4v) is 4.71. The molecule has 0 aliphatic carbocycles. The number of benzene rings is 3. The number of rotatable bonds is 7. The van der Waals surface area contributed by atoms with E-state index in [0.717, 1.165) is 46.7 Å². The number of amides is 1. The number of fused-ring (bicyclic) bond motifs is 2. The van der Waals surface area contributed by atoms with Gasteiger partial charge in [0.15, 0.2) is 0 Å². The molecule has 1 aliphatic heterocycles. The van der Waals surface area contributed by atoms with Crippen molar-refractivity contribution in [2.24, 2.45) is 0 Å². The Kier molecular flexibility index (Phi) is 6.70. The number of nitrogens with zero attached hydrogens (tertiary/aromatic N) is 3. The number of para-hydroxylation sites is 1. The van der Waals surface area contributed by atoms with Crippen LogP contribution in [0.25, 0.3) is 21.7 Å². The van der Waals surface area contributed by atoms with Crippen molar-refractivity contribution in [3.05, 3.63) is 72.3 Å². The fourth-order valence-electron chi connectivity index (χ4n) is 4.71. The Balaban J connectivity index is 1.12. The predicted molar refractivity (Wildman–Crippen MR) is 141 cm³/mol. The summed E-state index contributed by atoms with van der Waals surface area (Å²) in [5.41, 5.74) is 2.06. The second-order valence-corrected chi connectivity index (χ2v) is 8.98. The summed E-state index contributed by atoms with van der Waals surface area (Å²) < 4.78 is 11.4. The van der Waals surface area contributed by atoms with Crippen molar-refractivity contribution in [3.8, 4) is 11.5 Å². The summed E-state index contributed by atoms with van der Waals surface area (Å²) in [6, 6.07) is 22.5. The average molecular weight is 470 g/mol. The second-order valence-electron chi connectivity index (χ2n) is 8.98. The summed E-state index contributed by atoms with van der Waals surface area (Å²) in [7, 11) is 1.68. The van der Waals surface area contributed by atoms with E-state index in [2.05, 4.69) is 48.2 Å². The Hall–Kier alpha value is -3.80. The third-order valence-electron chi connectivity index (χ3n) is 6.70. The Bertz CT molecular complexity index is 1350. The lowest BCUT2D eigenvalue weighted by molar-refractivity contribution is -0.131. The first-order chi connectivity index (χ1) is 17.1. The van der Waals surface area contributed by atoms with Crippen molar-refractivity contribution in [1.29, 1.82) is 0 Å². The summed E-state index contributed by atoms with van der Waals surface area (Å²) >= 11 is 0. The first kappa shape index (κ1) is 23.0. The highest BCUT2D eigenvalue weighted by molar-refractivity contribution is 5.89. The quantitative estimate of drug-likeness (QED) is 0.348. The van der Waals surface area contributed by atoms with E-state index in [1.807, 2.05) is 35.2 Å². The number of carbonyl (C=O) groups is 1. The van der Waals surface area contributed by atoms with Crippen LogP contribution in [-0.4, -0.2) is 55.7 Å². The number of aromatic nitrogens is 1. The zero-order chi connectivity index (χ0) is 24.2. The number of hydrogen-bond acceptors (Lipinski definition) is 5. The highest BCUT2D eigenvalue weighted by atomic mass is 16.5. The minimum absolute atomic E-state index is 0.191. The van der Waals surface area contributed by atoms with E-state index in [4.69, 9.17) is 14.5 Å². The topological polar surface area (TPSA) is 54.9 Å². The van der Waals surface area contributed by atoms with Crippen molar-refractivity contribution in [1.82, 2.24) is 9.88 Å². The van der Waals surface area contributed by atoms with Gasteiger partial charge in [-0.1, -0.05) is 42.5 Å². The summed E-state index contributed by atoms with van der Waals surface area (Å²) in [6.07, 6.45) is 1.20. The standard InChI is InChI=1S/C29H31N3O3/c1-21-19-27(30-29-25(21)9-5-10-26(29)34-2)31-14-16-32(17-15-31)28(33)11-6-18-35-24-13-12-22-7-3-4-8-23(22)20-24/h3-5,7-10,12-13,19-20H,6,11,14-18H2,1-2H3. The fraction of sp³-hybridized carbons (Fsp3) is 0.310. The molecule has 0 spiro atoms. The minimum Gasteiger partial charge on any atom is -0.494 e. The van der Waals surface area contributed by atoms with E-state index in [1.165, 1.54) is 10.9 Å². The lowest BCUT2D eigenvalue weighted by atomic mass is 10.1. The molecule has 2 heterocycles. The molecule has 0 bridgehead atoms. The number of hydrogen-bond donors (Lipinski definition) is 0. The highest BCUT2D eigenvalue weighted by Gasteiger charge is 2.22. The zero-order valence-corrected chi connectivity index (χ0v) is 20.4. The van der Waals surface area contributed by atoms with Gasteiger partial charge < -0.3 is 19.3 Å². The first-order valence-electron chi connectivity index (χ1n) is 12.2. The van der Waals surface area contributed by atoms with Crippen LogP contribution in [0.15, 0.2) is 66.7 Å². The van der Waals surface area contributed by atoms with E-state index in [0.29, 0.717) is 32.5 Å². The van der Waals surface area contributed by atoms with Gasteiger partial charge in [-0.25, -0.2) is 4.98 Å². The van der Waals surface area contributed by atoms with Crippen molar-refractivity contribution in [2.45, 2.75) is 19.8 Å². The SMILES string of the molecule is COc1cccc2c(C)cc(N3CCN(C(=O)CCCOc4ccc5ccccc5c4)CC3)nc12. The third kappa shape index (κ3) is 5.02. The van der Waals surface area contributed by atoms with Gasteiger partial charge >= 0.3 is 0 Å². The molecule has 180 valence electrons. The van der Waals surface area contributed by atoms with Crippen molar-refractivity contribution in [2.75, 3.05) is 44.8 Å². The number of anilines is 1. The smallest absolute Gasteiger partial charge is 0.222 e. The molecule has 3 aromatic carbocycles. The van der Waals surface area contributed by atoms with Crippen LogP contribution in [0.1, 0.15) is 18.4 Å². The molecular weight excluding hydrogens is 438 g/mol. The van der Waals surface area contributed by atoms with Gasteiger partial charge in [-0.3, -0.25) is 4.79 Å². The molecule has 6 nitrogen and oxygen atoms in total. The molecule has 6 heteroatoms. The molecule has 0 saturated carbocycles. The van der Waals surface area contributed by atoms with E-state index in [-0.39, 0.29) is 5.91 Å². The largest absolute Gasteiger partial charge is 0.494 e. The maximum Gasteiger partial charge on any atom is 0.222 e. The Morgan fingerprint density at radius 3 is 2.54 bits per heavy atom. The lowest BCUT2D eigenvalue weighted by Gasteiger charge is -2.35. The van der Waals surface area contributed by atoms with E-state index in [9.17, 15) is 4.79 Å². The molecule has 0 radical (unpaired) electrons. The van der Waals surface area contributed by atoms with Gasteiger partial charge in [-0.05, 0) is 53.9 Å². The van der Waals surface area contributed by atoms with E-state index in [1.54, 1.807) is 7.11 Å². The first-order valence-corrected chi connectivity index (χ1v) is 12.2. The lowest BCUT2D eigenvalue weighted by Crippen LogP contribution is -2.49. The number of piperazine rings is 1. The summed E-state index contributed by atoms with van der Waals surface area (Å²) in [5.74, 6) is 2.76. The number of ether oxygens (including phenoxy) is 2. The molecule has 0 unspecified atom stereocenters. The maximum absolute atomic E-state index is 12.8. The van der Waals surface area contributed by atoms with Crippen molar-refractivity contribution < 1.29 is 14.3 Å². The minimum atomic E-state index is 0.191.